The van der Waals surface area contributed by atoms with Crippen LogP contribution in [0.1, 0.15) is 11.1 Å². The van der Waals surface area contributed by atoms with E-state index in [9.17, 15) is 18.4 Å². The quantitative estimate of drug-likeness (QED) is 0.485. The van der Waals surface area contributed by atoms with Crippen LogP contribution in [0.25, 0.3) is 6.08 Å². The van der Waals surface area contributed by atoms with Gasteiger partial charge in [-0.3, -0.25) is 4.79 Å². The number of nitrogens with one attached hydrogen (secondary N) is 1. The Morgan fingerprint density at radius 2 is 1.69 bits per heavy atom. The van der Waals surface area contributed by atoms with E-state index in [1.807, 2.05) is 24.3 Å². The van der Waals surface area contributed by atoms with Crippen molar-refractivity contribution in [1.82, 2.24) is 5.32 Å². The molecule has 6 nitrogen and oxygen atoms in total. The molecule has 2 rings (SSSR count). The lowest BCUT2D eigenvalue weighted by Crippen LogP contribution is -2.30. The van der Waals surface area contributed by atoms with Crippen LogP contribution in [-0.4, -0.2) is 38.7 Å². The molecule has 0 saturated carbocycles. The largest absolute Gasteiger partial charge is 0.497 e. The first-order valence-corrected chi connectivity index (χ1v) is 8.75. The standard InChI is InChI=1S/C21H21F2NO5/c1-27-17-7-2-16(3-8-17)12-13-24-19(25)14-28-20(26)11-6-15-4-9-18(10-5-15)29-21(22)23/h2-11,21H,12-14H2,1H3,(H,24,25). The van der Waals surface area contributed by atoms with Crippen molar-refractivity contribution in [3.63, 3.8) is 0 Å². The highest BCUT2D eigenvalue weighted by atomic mass is 19.3. The molecule has 0 atom stereocenters. The van der Waals surface area contributed by atoms with Gasteiger partial charge in [-0.15, -0.1) is 0 Å². The lowest BCUT2D eigenvalue weighted by Gasteiger charge is -2.06. The number of carbonyl (C=O) groups excluding carboxylic acids is 2. The molecule has 0 aromatic heterocycles. The molecule has 0 aliphatic heterocycles. The van der Waals surface area contributed by atoms with Gasteiger partial charge >= 0.3 is 12.6 Å². The van der Waals surface area contributed by atoms with Crippen molar-refractivity contribution >= 4 is 18.0 Å². The van der Waals surface area contributed by atoms with Crippen molar-refractivity contribution in [2.24, 2.45) is 0 Å². The third-order valence-electron chi connectivity index (χ3n) is 3.76. The van der Waals surface area contributed by atoms with E-state index in [1.54, 1.807) is 7.11 Å². The lowest BCUT2D eigenvalue weighted by molar-refractivity contribution is -0.143. The van der Waals surface area contributed by atoms with Gasteiger partial charge in [-0.05, 0) is 47.9 Å². The second-order valence-corrected chi connectivity index (χ2v) is 5.84. The van der Waals surface area contributed by atoms with Gasteiger partial charge in [0.2, 0.25) is 0 Å². The Labute approximate surface area is 167 Å². The molecule has 2 aromatic carbocycles. The highest BCUT2D eigenvalue weighted by molar-refractivity contribution is 5.89. The average molecular weight is 405 g/mol. The number of carbonyl (C=O) groups is 2. The third kappa shape index (κ3) is 8.42. The first kappa shape index (κ1) is 21.9. The van der Waals surface area contributed by atoms with E-state index in [2.05, 4.69) is 10.1 Å². The lowest BCUT2D eigenvalue weighted by atomic mass is 10.1. The molecule has 1 N–H and O–H groups in total. The number of hydrogen-bond acceptors (Lipinski definition) is 5. The summed E-state index contributed by atoms with van der Waals surface area (Å²) in [7, 11) is 1.59. The summed E-state index contributed by atoms with van der Waals surface area (Å²) in [4.78, 5) is 23.4. The van der Waals surface area contributed by atoms with Gasteiger partial charge in [0.15, 0.2) is 6.61 Å². The maximum Gasteiger partial charge on any atom is 0.387 e. The van der Waals surface area contributed by atoms with Crippen molar-refractivity contribution in [3.8, 4) is 11.5 Å². The molecule has 0 unspecified atom stereocenters. The van der Waals surface area contributed by atoms with Crippen LogP contribution < -0.4 is 14.8 Å². The molecule has 0 spiro atoms. The molecule has 0 radical (unpaired) electrons. The molecule has 2 aromatic rings. The predicted octanol–water partition coefficient (Wildman–Crippen LogP) is 3.21. The van der Waals surface area contributed by atoms with Gasteiger partial charge in [-0.2, -0.15) is 8.78 Å². The van der Waals surface area contributed by atoms with E-state index in [-0.39, 0.29) is 5.75 Å². The Bertz CT molecular complexity index is 820. The summed E-state index contributed by atoms with van der Waals surface area (Å²) < 4.78 is 38.3. The minimum atomic E-state index is -2.89. The Hall–Kier alpha value is -3.42. The van der Waals surface area contributed by atoms with Crippen LogP contribution in [0, 0.1) is 0 Å². The van der Waals surface area contributed by atoms with Crippen LogP contribution in [0.3, 0.4) is 0 Å². The number of halogens is 2. The van der Waals surface area contributed by atoms with Crippen LogP contribution in [-0.2, 0) is 20.7 Å². The van der Waals surface area contributed by atoms with Gasteiger partial charge in [-0.25, -0.2) is 4.79 Å². The van der Waals surface area contributed by atoms with Crippen LogP contribution in [0.5, 0.6) is 11.5 Å². The Morgan fingerprint density at radius 3 is 2.31 bits per heavy atom. The van der Waals surface area contributed by atoms with Crippen molar-refractivity contribution < 1.29 is 32.6 Å². The maximum absolute atomic E-state index is 12.1. The summed E-state index contributed by atoms with van der Waals surface area (Å²) in [6.45, 7) is -2.88. The molecule has 29 heavy (non-hydrogen) atoms. The van der Waals surface area contributed by atoms with E-state index in [0.29, 0.717) is 18.5 Å². The Morgan fingerprint density at radius 1 is 1.03 bits per heavy atom. The molecule has 8 heteroatoms. The second kappa shape index (κ2) is 11.4. The summed E-state index contributed by atoms with van der Waals surface area (Å²) in [6.07, 6.45) is 3.22. The zero-order valence-electron chi connectivity index (χ0n) is 15.8. The van der Waals surface area contributed by atoms with Crippen LogP contribution in [0.15, 0.2) is 54.6 Å². The van der Waals surface area contributed by atoms with E-state index in [0.717, 1.165) is 17.4 Å². The van der Waals surface area contributed by atoms with Gasteiger partial charge in [0.05, 0.1) is 7.11 Å². The molecular weight excluding hydrogens is 384 g/mol. The smallest absolute Gasteiger partial charge is 0.387 e. The summed E-state index contributed by atoms with van der Waals surface area (Å²) >= 11 is 0. The summed E-state index contributed by atoms with van der Waals surface area (Å²) in [5, 5.41) is 2.66. The van der Waals surface area contributed by atoms with E-state index in [4.69, 9.17) is 9.47 Å². The number of methoxy groups -OCH3 is 1. The van der Waals surface area contributed by atoms with Gasteiger partial charge in [-0.1, -0.05) is 24.3 Å². The molecule has 0 heterocycles. The molecule has 0 aliphatic carbocycles. The maximum atomic E-state index is 12.1. The fourth-order valence-corrected chi connectivity index (χ4v) is 2.30. The van der Waals surface area contributed by atoms with Crippen LogP contribution in [0.4, 0.5) is 8.78 Å². The predicted molar refractivity (Wildman–Crippen MR) is 103 cm³/mol. The van der Waals surface area contributed by atoms with Crippen molar-refractivity contribution in [1.29, 1.82) is 0 Å². The Kier molecular flexibility index (Phi) is 8.62. The number of alkyl halides is 2. The second-order valence-electron chi connectivity index (χ2n) is 5.84. The first-order valence-electron chi connectivity index (χ1n) is 8.75. The molecule has 0 bridgehead atoms. The average Bonchev–Trinajstić information content (AvgIpc) is 2.72. The molecule has 1 amide bonds. The topological polar surface area (TPSA) is 73.9 Å². The summed E-state index contributed by atoms with van der Waals surface area (Å²) in [5.74, 6) is -0.321. The molecule has 0 aliphatic rings. The normalized spacial score (nSPS) is 10.8. The van der Waals surface area contributed by atoms with Crippen LogP contribution in [0.2, 0.25) is 0 Å². The summed E-state index contributed by atoms with van der Waals surface area (Å²) in [6, 6.07) is 13.2. The van der Waals surface area contributed by atoms with Crippen molar-refractivity contribution in [2.75, 3.05) is 20.3 Å². The van der Waals surface area contributed by atoms with Crippen molar-refractivity contribution in [2.45, 2.75) is 13.0 Å². The van der Waals surface area contributed by atoms with E-state index < -0.39 is 25.1 Å². The van der Waals surface area contributed by atoms with Gasteiger partial charge in [0, 0.05) is 12.6 Å². The monoisotopic (exact) mass is 405 g/mol. The molecule has 0 saturated heterocycles. The highest BCUT2D eigenvalue weighted by Gasteiger charge is 2.06. The fraction of sp³-hybridized carbons (Fsp3) is 0.238. The number of hydrogen-bond donors (Lipinski definition) is 1. The highest BCUT2D eigenvalue weighted by Crippen LogP contribution is 2.15. The minimum Gasteiger partial charge on any atom is -0.497 e. The van der Waals surface area contributed by atoms with E-state index >= 15 is 0 Å². The number of benzene rings is 2. The summed E-state index contributed by atoms with van der Waals surface area (Å²) in [5.41, 5.74) is 1.63. The molecular formula is C21H21F2NO5. The molecule has 154 valence electrons. The Balaban J connectivity index is 1.67. The minimum absolute atomic E-state index is 0.0195. The van der Waals surface area contributed by atoms with Crippen molar-refractivity contribution in [3.05, 3.63) is 65.7 Å². The van der Waals surface area contributed by atoms with Gasteiger partial charge in [0.1, 0.15) is 11.5 Å². The van der Waals surface area contributed by atoms with Crippen LogP contribution >= 0.6 is 0 Å². The first-order chi connectivity index (χ1) is 14.0. The zero-order valence-corrected chi connectivity index (χ0v) is 15.8. The number of ether oxygens (including phenoxy) is 3. The number of rotatable bonds is 10. The SMILES string of the molecule is COc1ccc(CCNC(=O)COC(=O)C=Cc2ccc(OC(F)F)cc2)cc1. The number of esters is 1. The fourth-order valence-electron chi connectivity index (χ4n) is 2.30. The van der Waals surface area contributed by atoms with Gasteiger partial charge in [0.25, 0.3) is 5.91 Å². The van der Waals surface area contributed by atoms with Gasteiger partial charge < -0.3 is 19.5 Å². The van der Waals surface area contributed by atoms with E-state index in [1.165, 1.54) is 30.3 Å². The molecule has 0 fully saturated rings. The zero-order chi connectivity index (χ0) is 21.1. The number of amides is 1. The third-order valence-corrected chi connectivity index (χ3v) is 3.76.